The maximum absolute atomic E-state index is 12.4. The Balaban J connectivity index is 2.50. The van der Waals surface area contributed by atoms with Crippen molar-refractivity contribution in [2.45, 2.75) is 30.9 Å². The fourth-order valence-electron chi connectivity index (χ4n) is 1.52. The van der Waals surface area contributed by atoms with E-state index < -0.39 is 24.7 Å². The molecule has 76 valence electrons. The van der Waals surface area contributed by atoms with E-state index in [1.165, 1.54) is 11.8 Å². The second-order valence-corrected chi connectivity index (χ2v) is 4.49. The monoisotopic (exact) mass is 210 g/mol. The van der Waals surface area contributed by atoms with Gasteiger partial charge in [0.1, 0.15) is 0 Å². The summed E-state index contributed by atoms with van der Waals surface area (Å²) in [6.45, 7) is 0. The van der Waals surface area contributed by atoms with Gasteiger partial charge in [-0.25, -0.2) is 8.78 Å². The number of rotatable bonds is 4. The molecule has 0 saturated carbocycles. The maximum Gasteiger partial charge on any atom is 0.303 e. The SMILES string of the molecule is O=C(O)CC(C(F)F)C1CCCS1. The van der Waals surface area contributed by atoms with Gasteiger partial charge < -0.3 is 5.11 Å². The second-order valence-electron chi connectivity index (χ2n) is 3.15. The molecule has 1 heterocycles. The van der Waals surface area contributed by atoms with Crippen molar-refractivity contribution in [3.8, 4) is 0 Å². The molecule has 0 radical (unpaired) electrons. The van der Waals surface area contributed by atoms with Gasteiger partial charge in [0.15, 0.2) is 0 Å². The Morgan fingerprint density at radius 3 is 2.69 bits per heavy atom. The van der Waals surface area contributed by atoms with E-state index in [1.54, 1.807) is 0 Å². The van der Waals surface area contributed by atoms with E-state index in [0.717, 1.165) is 18.6 Å². The van der Waals surface area contributed by atoms with E-state index in [-0.39, 0.29) is 5.25 Å². The van der Waals surface area contributed by atoms with Crippen LogP contribution < -0.4 is 0 Å². The average molecular weight is 210 g/mol. The van der Waals surface area contributed by atoms with E-state index in [9.17, 15) is 13.6 Å². The van der Waals surface area contributed by atoms with Gasteiger partial charge in [0, 0.05) is 11.2 Å². The van der Waals surface area contributed by atoms with Crippen LogP contribution in [0.4, 0.5) is 8.78 Å². The molecule has 2 unspecified atom stereocenters. The van der Waals surface area contributed by atoms with Crippen LogP contribution in [0.5, 0.6) is 0 Å². The summed E-state index contributed by atoms with van der Waals surface area (Å²) in [5, 5.41) is 8.29. The summed E-state index contributed by atoms with van der Waals surface area (Å²) in [5.41, 5.74) is 0. The quantitative estimate of drug-likeness (QED) is 0.773. The fraction of sp³-hybridized carbons (Fsp3) is 0.875. The predicted octanol–water partition coefficient (Wildman–Crippen LogP) is 2.24. The molecule has 5 heteroatoms. The highest BCUT2D eigenvalue weighted by Crippen LogP contribution is 2.36. The van der Waals surface area contributed by atoms with Crippen molar-refractivity contribution in [2.75, 3.05) is 5.75 Å². The molecule has 13 heavy (non-hydrogen) atoms. The molecule has 1 rings (SSSR count). The molecule has 0 bridgehead atoms. The predicted molar refractivity (Wildman–Crippen MR) is 47.2 cm³/mol. The van der Waals surface area contributed by atoms with Crippen LogP contribution in [0.25, 0.3) is 0 Å². The number of alkyl halides is 2. The Labute approximate surface area is 79.7 Å². The Bertz CT molecular complexity index is 181. The molecule has 0 spiro atoms. The average Bonchev–Trinajstić information content (AvgIpc) is 2.50. The molecule has 2 nitrogen and oxygen atoms in total. The third kappa shape index (κ3) is 3.14. The van der Waals surface area contributed by atoms with E-state index in [4.69, 9.17) is 5.11 Å². The zero-order chi connectivity index (χ0) is 9.84. The molecule has 0 aromatic heterocycles. The minimum atomic E-state index is -2.51. The zero-order valence-electron chi connectivity index (χ0n) is 7.08. The number of carboxylic acids is 1. The molecular weight excluding hydrogens is 198 g/mol. The van der Waals surface area contributed by atoms with Crippen molar-refractivity contribution < 1.29 is 18.7 Å². The highest BCUT2D eigenvalue weighted by atomic mass is 32.2. The lowest BCUT2D eigenvalue weighted by molar-refractivity contribution is -0.139. The molecule has 1 aliphatic rings. The number of thioether (sulfide) groups is 1. The Morgan fingerprint density at radius 1 is 1.62 bits per heavy atom. The molecule has 1 fully saturated rings. The van der Waals surface area contributed by atoms with Gasteiger partial charge in [0.05, 0.1) is 6.42 Å². The van der Waals surface area contributed by atoms with E-state index in [2.05, 4.69) is 0 Å². The van der Waals surface area contributed by atoms with Crippen LogP contribution >= 0.6 is 11.8 Å². The first-order valence-electron chi connectivity index (χ1n) is 4.23. The zero-order valence-corrected chi connectivity index (χ0v) is 7.90. The molecule has 1 aliphatic heterocycles. The minimum absolute atomic E-state index is 0.156. The van der Waals surface area contributed by atoms with Crippen molar-refractivity contribution in [3.05, 3.63) is 0 Å². The lowest BCUT2D eigenvalue weighted by atomic mass is 9.99. The molecule has 0 aliphatic carbocycles. The van der Waals surface area contributed by atoms with Crippen LogP contribution in [0.3, 0.4) is 0 Å². The molecule has 0 aromatic carbocycles. The fourth-order valence-corrected chi connectivity index (χ4v) is 2.96. The summed E-state index contributed by atoms with van der Waals surface area (Å²) in [6, 6.07) is 0. The first-order chi connectivity index (χ1) is 6.11. The molecule has 2 atom stereocenters. The lowest BCUT2D eigenvalue weighted by Gasteiger charge is -2.19. The highest BCUT2D eigenvalue weighted by molar-refractivity contribution is 8.00. The maximum atomic E-state index is 12.4. The van der Waals surface area contributed by atoms with Gasteiger partial charge >= 0.3 is 5.97 Å². The summed E-state index contributed by atoms with van der Waals surface area (Å²) >= 11 is 1.48. The van der Waals surface area contributed by atoms with Gasteiger partial charge in [-0.2, -0.15) is 11.8 Å². The van der Waals surface area contributed by atoms with Crippen LogP contribution in [-0.4, -0.2) is 28.5 Å². The molecule has 1 saturated heterocycles. The smallest absolute Gasteiger partial charge is 0.303 e. The Hall–Kier alpha value is -0.320. The van der Waals surface area contributed by atoms with E-state index in [1.807, 2.05) is 0 Å². The number of hydrogen-bond acceptors (Lipinski definition) is 2. The van der Waals surface area contributed by atoms with Crippen LogP contribution in [0, 0.1) is 5.92 Å². The van der Waals surface area contributed by atoms with Gasteiger partial charge in [-0.05, 0) is 18.6 Å². The van der Waals surface area contributed by atoms with Crippen molar-refractivity contribution >= 4 is 17.7 Å². The standard InChI is InChI=1S/C8H12F2O2S/c9-8(10)5(4-7(11)12)6-2-1-3-13-6/h5-6,8H,1-4H2,(H,11,12). The summed E-state index contributed by atoms with van der Waals surface area (Å²) in [7, 11) is 0. The summed E-state index contributed by atoms with van der Waals surface area (Å²) < 4.78 is 24.9. The summed E-state index contributed by atoms with van der Waals surface area (Å²) in [5.74, 6) is -1.21. The number of hydrogen-bond donors (Lipinski definition) is 1. The van der Waals surface area contributed by atoms with E-state index in [0.29, 0.717) is 0 Å². The van der Waals surface area contributed by atoms with Crippen LogP contribution in [0.1, 0.15) is 19.3 Å². The van der Waals surface area contributed by atoms with Gasteiger partial charge in [0.25, 0.3) is 0 Å². The van der Waals surface area contributed by atoms with Gasteiger partial charge in [-0.15, -0.1) is 0 Å². The summed E-state index contributed by atoms with van der Waals surface area (Å²) in [6.07, 6.45) is -1.26. The number of carbonyl (C=O) groups is 1. The second kappa shape index (κ2) is 4.79. The molecule has 0 aromatic rings. The first kappa shape index (κ1) is 10.8. The van der Waals surface area contributed by atoms with Crippen LogP contribution in [0.15, 0.2) is 0 Å². The molecule has 0 amide bonds. The minimum Gasteiger partial charge on any atom is -0.481 e. The molecular formula is C8H12F2O2S. The largest absolute Gasteiger partial charge is 0.481 e. The summed E-state index contributed by atoms with van der Waals surface area (Å²) in [4.78, 5) is 10.3. The first-order valence-corrected chi connectivity index (χ1v) is 5.27. The lowest BCUT2D eigenvalue weighted by Crippen LogP contribution is -2.25. The van der Waals surface area contributed by atoms with Gasteiger partial charge in [-0.1, -0.05) is 0 Å². The highest BCUT2D eigenvalue weighted by Gasteiger charge is 2.33. The van der Waals surface area contributed by atoms with E-state index >= 15 is 0 Å². The van der Waals surface area contributed by atoms with Crippen molar-refractivity contribution in [3.63, 3.8) is 0 Å². The van der Waals surface area contributed by atoms with Gasteiger partial charge in [-0.3, -0.25) is 4.79 Å². The topological polar surface area (TPSA) is 37.3 Å². The third-order valence-electron chi connectivity index (χ3n) is 2.18. The molecule has 1 N–H and O–H groups in total. The Kier molecular flexibility index (Phi) is 3.96. The normalized spacial score (nSPS) is 25.0. The Morgan fingerprint density at radius 2 is 2.31 bits per heavy atom. The van der Waals surface area contributed by atoms with Crippen molar-refractivity contribution in [1.82, 2.24) is 0 Å². The van der Waals surface area contributed by atoms with Crippen LogP contribution in [-0.2, 0) is 4.79 Å². The van der Waals surface area contributed by atoms with Gasteiger partial charge in [0.2, 0.25) is 6.43 Å². The number of carboxylic acid groups (broad SMARTS) is 1. The number of aliphatic carboxylic acids is 1. The van der Waals surface area contributed by atoms with Crippen molar-refractivity contribution in [1.29, 1.82) is 0 Å². The van der Waals surface area contributed by atoms with Crippen molar-refractivity contribution in [2.24, 2.45) is 5.92 Å². The number of halogens is 2. The van der Waals surface area contributed by atoms with Crippen LogP contribution in [0.2, 0.25) is 0 Å². The third-order valence-corrected chi connectivity index (χ3v) is 3.71.